The molecule has 0 saturated carbocycles. The van der Waals surface area contributed by atoms with Crippen LogP contribution in [0.2, 0.25) is 0 Å². The summed E-state index contributed by atoms with van der Waals surface area (Å²) in [6.45, 7) is 0.133. The van der Waals surface area contributed by atoms with Crippen LogP contribution in [0.5, 0.6) is 0 Å². The summed E-state index contributed by atoms with van der Waals surface area (Å²) in [5.74, 6) is -4.57. The molecule has 0 aromatic carbocycles. The van der Waals surface area contributed by atoms with E-state index >= 15 is 0 Å². The molecular formula is C18H31N7O10. The first-order valence-electron chi connectivity index (χ1n) is 10.5. The third-order valence-corrected chi connectivity index (χ3v) is 4.37. The molecule has 1 unspecified atom stereocenters. The molecule has 0 spiro atoms. The van der Waals surface area contributed by atoms with E-state index in [-0.39, 0.29) is 26.4 Å². The highest BCUT2D eigenvalue weighted by Crippen LogP contribution is 1.96. The minimum atomic E-state index is -1.59. The summed E-state index contributed by atoms with van der Waals surface area (Å²) in [5, 5.41) is 28.1. The zero-order chi connectivity index (χ0) is 26.4. The Kier molecular flexibility index (Phi) is 13.0. The highest BCUT2D eigenvalue weighted by Gasteiger charge is 2.29. The fourth-order valence-corrected chi connectivity index (χ4v) is 2.63. The topological polar surface area (TPSA) is 260 Å². The van der Waals surface area contributed by atoms with E-state index in [4.69, 9.17) is 15.2 Å². The van der Waals surface area contributed by atoms with Gasteiger partial charge in [0.25, 0.3) is 11.8 Å². The number of primary amides is 1. The normalized spacial score (nSPS) is 25.3. The molecule has 17 heteroatoms. The number of hydrazine groups is 1. The van der Waals surface area contributed by atoms with Gasteiger partial charge in [0.2, 0.25) is 17.7 Å². The number of hydrogen-bond acceptors (Lipinski definition) is 10. The fourth-order valence-electron chi connectivity index (χ4n) is 2.63. The van der Waals surface area contributed by atoms with Gasteiger partial charge in [0.15, 0.2) is 0 Å². The number of aliphatic hydroxyl groups is 2. The van der Waals surface area contributed by atoms with Gasteiger partial charge in [-0.15, -0.1) is 0 Å². The summed E-state index contributed by atoms with van der Waals surface area (Å²) in [5.41, 5.74) is 9.00. The van der Waals surface area contributed by atoms with Crippen molar-refractivity contribution in [3.05, 3.63) is 0 Å². The summed E-state index contributed by atoms with van der Waals surface area (Å²) < 4.78 is 10.3. The van der Waals surface area contributed by atoms with Gasteiger partial charge in [0.05, 0.1) is 39.0 Å². The first-order valence-corrected chi connectivity index (χ1v) is 10.5. The number of amides is 7. The number of rotatable bonds is 4. The minimum Gasteiger partial charge on any atom is -0.394 e. The van der Waals surface area contributed by atoms with Gasteiger partial charge in [-0.1, -0.05) is 0 Å². The summed E-state index contributed by atoms with van der Waals surface area (Å²) in [4.78, 5) is 72.5. The lowest BCUT2D eigenvalue weighted by Crippen LogP contribution is -2.61. The molecule has 0 aliphatic carbocycles. The second-order valence-electron chi connectivity index (χ2n) is 7.30. The van der Waals surface area contributed by atoms with Gasteiger partial charge in [-0.3, -0.25) is 34.8 Å². The van der Waals surface area contributed by atoms with Gasteiger partial charge in [-0.2, -0.15) is 0 Å². The van der Waals surface area contributed by atoms with Crippen LogP contribution in [-0.2, 0) is 33.4 Å². The summed E-state index contributed by atoms with van der Waals surface area (Å²) in [6.07, 6.45) is -2.05. The molecule has 4 atom stereocenters. The molecule has 10 N–H and O–H groups in total. The summed E-state index contributed by atoms with van der Waals surface area (Å²) in [6, 6.07) is -5.57. The molecule has 0 radical (unpaired) electrons. The molecule has 0 aromatic heterocycles. The van der Waals surface area contributed by atoms with Crippen molar-refractivity contribution in [1.82, 2.24) is 32.1 Å². The number of urea groups is 1. The van der Waals surface area contributed by atoms with Gasteiger partial charge in [-0.05, 0) is 6.92 Å². The predicted molar refractivity (Wildman–Crippen MR) is 115 cm³/mol. The maximum absolute atomic E-state index is 12.4. The maximum atomic E-state index is 12.4. The highest BCUT2D eigenvalue weighted by atomic mass is 16.5. The Morgan fingerprint density at radius 3 is 2.23 bits per heavy atom. The standard InChI is InChI=1S/C18H31N7O10/c1-9(27)14-17(32)25-24-16(31)10(6-12(19)28)21-18(33)22-11(7-26)15(30)20-2-3-34-4-5-35-8-13(29)23-14/h9-11,14,26-27H,2-8H2,1H3,(H2,19,28)(H,20,30)(H,23,29)(H,24,31)(H,25,32)(H2,21,22,33)/t9?,10-,11-,14-/m1/s1. The van der Waals surface area contributed by atoms with Crippen molar-refractivity contribution in [3.63, 3.8) is 0 Å². The molecule has 35 heavy (non-hydrogen) atoms. The molecule has 1 fully saturated rings. The Labute approximate surface area is 199 Å². The van der Waals surface area contributed by atoms with Gasteiger partial charge < -0.3 is 46.7 Å². The van der Waals surface area contributed by atoms with Crippen LogP contribution in [0.3, 0.4) is 0 Å². The van der Waals surface area contributed by atoms with Crippen LogP contribution in [-0.4, -0.2) is 110 Å². The maximum Gasteiger partial charge on any atom is 0.316 e. The van der Waals surface area contributed by atoms with Crippen molar-refractivity contribution in [2.45, 2.75) is 37.6 Å². The molecule has 198 valence electrons. The molecule has 1 aliphatic heterocycles. The number of carbonyl (C=O) groups is 6. The lowest BCUT2D eigenvalue weighted by Gasteiger charge is -2.23. The minimum absolute atomic E-state index is 0.00517. The third kappa shape index (κ3) is 11.4. The lowest BCUT2D eigenvalue weighted by atomic mass is 10.1. The van der Waals surface area contributed by atoms with Crippen molar-refractivity contribution < 1.29 is 48.5 Å². The van der Waals surface area contributed by atoms with Crippen LogP contribution < -0.4 is 37.9 Å². The average molecular weight is 505 g/mol. The summed E-state index contributed by atoms with van der Waals surface area (Å²) in [7, 11) is 0. The van der Waals surface area contributed by atoms with E-state index in [2.05, 4.69) is 21.3 Å². The molecule has 1 heterocycles. The Bertz CT molecular complexity index is 779. The Balaban J connectivity index is 2.99. The van der Waals surface area contributed by atoms with Crippen molar-refractivity contribution in [2.24, 2.45) is 5.73 Å². The molecule has 17 nitrogen and oxygen atoms in total. The van der Waals surface area contributed by atoms with Crippen LogP contribution >= 0.6 is 0 Å². The quantitative estimate of drug-likeness (QED) is 0.175. The zero-order valence-corrected chi connectivity index (χ0v) is 19.0. The monoisotopic (exact) mass is 505 g/mol. The number of aliphatic hydroxyl groups excluding tert-OH is 2. The Morgan fingerprint density at radius 1 is 0.971 bits per heavy atom. The Morgan fingerprint density at radius 2 is 1.60 bits per heavy atom. The summed E-state index contributed by atoms with van der Waals surface area (Å²) >= 11 is 0. The van der Waals surface area contributed by atoms with E-state index in [1.807, 2.05) is 10.9 Å². The van der Waals surface area contributed by atoms with Crippen LogP contribution in [0.15, 0.2) is 0 Å². The molecule has 0 bridgehead atoms. The SMILES string of the molecule is CC(O)[C@H]1NC(=O)COCCOCCNC(=O)[C@@H](CO)NC(=O)N[C@H](CC(N)=O)C(=O)NNC1=O. The zero-order valence-electron chi connectivity index (χ0n) is 19.0. The molecule has 1 saturated heterocycles. The smallest absolute Gasteiger partial charge is 0.316 e. The lowest BCUT2D eigenvalue weighted by molar-refractivity contribution is -0.136. The molecule has 1 rings (SSSR count). The van der Waals surface area contributed by atoms with Crippen LogP contribution in [0, 0.1) is 0 Å². The number of carbonyl (C=O) groups excluding carboxylic acids is 6. The number of ether oxygens (including phenoxy) is 2. The van der Waals surface area contributed by atoms with Crippen molar-refractivity contribution in [3.8, 4) is 0 Å². The van der Waals surface area contributed by atoms with Gasteiger partial charge >= 0.3 is 6.03 Å². The van der Waals surface area contributed by atoms with E-state index in [9.17, 15) is 39.0 Å². The van der Waals surface area contributed by atoms with Crippen LogP contribution in [0.25, 0.3) is 0 Å². The van der Waals surface area contributed by atoms with E-state index in [1.54, 1.807) is 0 Å². The van der Waals surface area contributed by atoms with Crippen molar-refractivity contribution in [1.29, 1.82) is 0 Å². The molecule has 1 aliphatic rings. The van der Waals surface area contributed by atoms with Crippen LogP contribution in [0.4, 0.5) is 4.79 Å². The number of hydrogen-bond donors (Lipinski definition) is 9. The van der Waals surface area contributed by atoms with Gasteiger partial charge in [-0.25, -0.2) is 4.79 Å². The number of nitrogens with two attached hydrogens (primary N) is 1. The molecule has 7 amide bonds. The highest BCUT2D eigenvalue weighted by molar-refractivity contribution is 5.94. The largest absolute Gasteiger partial charge is 0.394 e. The third-order valence-electron chi connectivity index (χ3n) is 4.37. The van der Waals surface area contributed by atoms with Gasteiger partial charge in [0.1, 0.15) is 24.7 Å². The second kappa shape index (κ2) is 15.4. The van der Waals surface area contributed by atoms with Crippen LogP contribution in [0.1, 0.15) is 13.3 Å². The van der Waals surface area contributed by atoms with Gasteiger partial charge in [0, 0.05) is 6.54 Å². The second-order valence-corrected chi connectivity index (χ2v) is 7.30. The van der Waals surface area contributed by atoms with E-state index < -0.39 is 79.4 Å². The molecule has 0 aromatic rings. The van der Waals surface area contributed by atoms with Crippen molar-refractivity contribution in [2.75, 3.05) is 39.6 Å². The average Bonchev–Trinajstić information content (AvgIpc) is 2.79. The first-order chi connectivity index (χ1) is 16.5. The molecular weight excluding hydrogens is 474 g/mol. The fraction of sp³-hybridized carbons (Fsp3) is 0.667. The Hall–Kier alpha value is -3.54. The first kappa shape index (κ1) is 29.5. The predicted octanol–water partition coefficient (Wildman–Crippen LogP) is -5.93. The van der Waals surface area contributed by atoms with E-state index in [0.29, 0.717) is 0 Å². The van der Waals surface area contributed by atoms with Crippen molar-refractivity contribution >= 4 is 35.6 Å². The number of nitrogens with one attached hydrogen (secondary N) is 6. The van der Waals surface area contributed by atoms with E-state index in [1.165, 1.54) is 6.92 Å². The van der Waals surface area contributed by atoms with E-state index in [0.717, 1.165) is 0 Å².